The van der Waals surface area contributed by atoms with E-state index in [1.165, 1.54) is 24.1 Å². The Kier molecular flexibility index (Phi) is 5.25. The molecule has 134 valence electrons. The Balaban J connectivity index is 1.47. The lowest BCUT2D eigenvalue weighted by molar-refractivity contribution is -0.139. The maximum Gasteiger partial charge on any atom is 0.317 e. The Bertz CT molecular complexity index is 588. The number of nitrogens with zero attached hydrogens (tertiary/aromatic N) is 3. The molecule has 1 aromatic rings. The molecule has 2 N–H and O–H groups in total. The number of carboxylic acid groups (broad SMARTS) is 1. The highest BCUT2D eigenvalue weighted by Gasteiger charge is 2.37. The van der Waals surface area contributed by atoms with Crippen LogP contribution in [0.3, 0.4) is 0 Å². The van der Waals surface area contributed by atoms with E-state index >= 15 is 0 Å². The minimum Gasteiger partial charge on any atom is -0.480 e. The largest absolute Gasteiger partial charge is 0.480 e. The van der Waals surface area contributed by atoms with Crippen LogP contribution in [-0.4, -0.2) is 50.9 Å². The van der Waals surface area contributed by atoms with Crippen LogP contribution in [0.2, 0.25) is 0 Å². The van der Waals surface area contributed by atoms with E-state index in [0.29, 0.717) is 12.1 Å². The minimum atomic E-state index is -0.703. The molecular weight excluding hydrogens is 304 g/mol. The summed E-state index contributed by atoms with van der Waals surface area (Å²) in [5.74, 6) is 0.0341. The second kappa shape index (κ2) is 7.23. The number of carboxylic acids is 1. The van der Waals surface area contributed by atoms with E-state index in [2.05, 4.69) is 40.8 Å². The summed E-state index contributed by atoms with van der Waals surface area (Å²) in [7, 11) is 0. The average molecular weight is 334 g/mol. The lowest BCUT2D eigenvalue weighted by Crippen LogP contribution is -2.54. The van der Waals surface area contributed by atoms with Gasteiger partial charge in [-0.2, -0.15) is 5.10 Å². The summed E-state index contributed by atoms with van der Waals surface area (Å²) in [6.45, 7) is 9.24. The molecule has 1 aromatic heterocycles. The first-order valence-corrected chi connectivity index (χ1v) is 9.20. The fraction of sp³-hybridized carbons (Fsp3) is 0.778. The average Bonchev–Trinajstić information content (AvgIpc) is 3.24. The van der Waals surface area contributed by atoms with Crippen molar-refractivity contribution in [3.63, 3.8) is 0 Å². The maximum atomic E-state index is 11.1. The SMILES string of the molecule is CCn1nc(C)c(CNC2CC(N(CC(=O)O)CC3CC3)C2)c1C. The molecule has 0 atom stereocenters. The summed E-state index contributed by atoms with van der Waals surface area (Å²) in [6.07, 6.45) is 4.65. The third-order valence-corrected chi connectivity index (χ3v) is 5.56. The molecule has 24 heavy (non-hydrogen) atoms. The van der Waals surface area contributed by atoms with E-state index in [0.717, 1.165) is 44.1 Å². The van der Waals surface area contributed by atoms with Crippen molar-refractivity contribution in [2.75, 3.05) is 13.1 Å². The molecule has 0 saturated heterocycles. The Labute approximate surface area is 144 Å². The fourth-order valence-electron chi connectivity index (χ4n) is 3.75. The van der Waals surface area contributed by atoms with Crippen molar-refractivity contribution in [1.29, 1.82) is 0 Å². The normalized spacial score (nSPS) is 23.5. The van der Waals surface area contributed by atoms with Crippen molar-refractivity contribution in [1.82, 2.24) is 20.0 Å². The van der Waals surface area contributed by atoms with Gasteiger partial charge in [-0.15, -0.1) is 0 Å². The minimum absolute atomic E-state index is 0.190. The molecular formula is C18H30N4O2. The zero-order valence-corrected chi connectivity index (χ0v) is 15.1. The van der Waals surface area contributed by atoms with Crippen LogP contribution in [0.25, 0.3) is 0 Å². The van der Waals surface area contributed by atoms with Crippen LogP contribution in [0.1, 0.15) is 49.6 Å². The Morgan fingerprint density at radius 1 is 1.38 bits per heavy atom. The molecule has 6 heteroatoms. The monoisotopic (exact) mass is 334 g/mol. The third-order valence-electron chi connectivity index (χ3n) is 5.56. The van der Waals surface area contributed by atoms with Gasteiger partial charge in [-0.1, -0.05) is 0 Å². The van der Waals surface area contributed by atoms with E-state index in [9.17, 15) is 4.79 Å². The van der Waals surface area contributed by atoms with Gasteiger partial charge >= 0.3 is 5.97 Å². The highest BCUT2D eigenvalue weighted by atomic mass is 16.4. The van der Waals surface area contributed by atoms with Gasteiger partial charge in [0.05, 0.1) is 12.2 Å². The summed E-state index contributed by atoms with van der Waals surface area (Å²) < 4.78 is 2.06. The van der Waals surface area contributed by atoms with E-state index < -0.39 is 5.97 Å². The van der Waals surface area contributed by atoms with E-state index in [4.69, 9.17) is 5.11 Å². The molecule has 2 aliphatic rings. The van der Waals surface area contributed by atoms with Crippen molar-refractivity contribution in [2.45, 2.75) is 71.6 Å². The number of aliphatic carboxylic acids is 1. The first-order chi connectivity index (χ1) is 11.5. The van der Waals surface area contributed by atoms with E-state index in [1.807, 2.05) is 0 Å². The Morgan fingerprint density at radius 2 is 2.08 bits per heavy atom. The zero-order chi connectivity index (χ0) is 17.3. The predicted molar refractivity (Wildman–Crippen MR) is 93.0 cm³/mol. The van der Waals surface area contributed by atoms with E-state index in [1.54, 1.807) is 0 Å². The molecule has 0 aliphatic heterocycles. The van der Waals surface area contributed by atoms with Gasteiger partial charge in [-0.3, -0.25) is 14.4 Å². The van der Waals surface area contributed by atoms with Crippen molar-refractivity contribution in [3.05, 3.63) is 17.0 Å². The van der Waals surface area contributed by atoms with Crippen molar-refractivity contribution < 1.29 is 9.90 Å². The Hall–Kier alpha value is -1.40. The second-order valence-electron chi connectivity index (χ2n) is 7.43. The summed E-state index contributed by atoms with van der Waals surface area (Å²) in [5, 5.41) is 17.3. The Morgan fingerprint density at radius 3 is 2.62 bits per heavy atom. The first kappa shape index (κ1) is 17.4. The molecule has 0 unspecified atom stereocenters. The van der Waals surface area contributed by atoms with Crippen LogP contribution in [0, 0.1) is 19.8 Å². The van der Waals surface area contributed by atoms with Gasteiger partial charge in [0, 0.05) is 43.0 Å². The van der Waals surface area contributed by atoms with Gasteiger partial charge in [0.15, 0.2) is 0 Å². The quantitative estimate of drug-likeness (QED) is 0.722. The summed E-state index contributed by atoms with van der Waals surface area (Å²) in [5.41, 5.74) is 3.67. The number of aryl methyl sites for hydroxylation is 2. The molecule has 0 amide bonds. The van der Waals surface area contributed by atoms with Gasteiger partial charge in [0.2, 0.25) is 0 Å². The maximum absolute atomic E-state index is 11.1. The number of nitrogens with one attached hydrogen (secondary N) is 1. The molecule has 2 fully saturated rings. The second-order valence-corrected chi connectivity index (χ2v) is 7.43. The van der Waals surface area contributed by atoms with Crippen LogP contribution in [0.4, 0.5) is 0 Å². The topological polar surface area (TPSA) is 70.4 Å². The molecule has 2 saturated carbocycles. The molecule has 0 aromatic carbocycles. The van der Waals surface area contributed by atoms with Crippen LogP contribution in [-0.2, 0) is 17.9 Å². The summed E-state index contributed by atoms with van der Waals surface area (Å²) >= 11 is 0. The van der Waals surface area contributed by atoms with Crippen LogP contribution < -0.4 is 5.32 Å². The van der Waals surface area contributed by atoms with Crippen molar-refractivity contribution in [3.8, 4) is 0 Å². The molecule has 1 heterocycles. The smallest absolute Gasteiger partial charge is 0.317 e. The lowest BCUT2D eigenvalue weighted by Gasteiger charge is -2.43. The van der Waals surface area contributed by atoms with Gasteiger partial charge in [-0.25, -0.2) is 0 Å². The zero-order valence-electron chi connectivity index (χ0n) is 15.1. The molecule has 3 rings (SSSR count). The molecule has 2 aliphatic carbocycles. The van der Waals surface area contributed by atoms with Gasteiger partial charge in [0.1, 0.15) is 0 Å². The van der Waals surface area contributed by atoms with Gasteiger partial charge in [0.25, 0.3) is 0 Å². The van der Waals surface area contributed by atoms with Crippen LogP contribution >= 0.6 is 0 Å². The highest BCUT2D eigenvalue weighted by Crippen LogP contribution is 2.33. The number of hydrogen-bond acceptors (Lipinski definition) is 4. The van der Waals surface area contributed by atoms with Gasteiger partial charge < -0.3 is 10.4 Å². The van der Waals surface area contributed by atoms with Crippen molar-refractivity contribution >= 4 is 5.97 Å². The molecule has 0 spiro atoms. The third kappa shape index (κ3) is 3.98. The highest BCUT2D eigenvalue weighted by molar-refractivity contribution is 5.69. The number of rotatable bonds is 9. The number of hydrogen-bond donors (Lipinski definition) is 2. The molecule has 6 nitrogen and oxygen atoms in total. The van der Waals surface area contributed by atoms with Crippen LogP contribution in [0.5, 0.6) is 0 Å². The fourth-order valence-corrected chi connectivity index (χ4v) is 3.75. The number of aromatic nitrogens is 2. The van der Waals surface area contributed by atoms with Gasteiger partial charge in [-0.05, 0) is 52.4 Å². The lowest BCUT2D eigenvalue weighted by atomic mass is 9.85. The first-order valence-electron chi connectivity index (χ1n) is 9.20. The standard InChI is InChI=1S/C18H30N4O2/c1-4-22-13(3)17(12(2)20-22)9-19-15-7-16(8-15)21(11-18(23)24)10-14-5-6-14/h14-16,19H,4-11H2,1-3H3,(H,23,24). The summed E-state index contributed by atoms with van der Waals surface area (Å²) in [6, 6.07) is 0.925. The molecule has 0 bridgehead atoms. The van der Waals surface area contributed by atoms with E-state index in [-0.39, 0.29) is 6.54 Å². The predicted octanol–water partition coefficient (Wildman–Crippen LogP) is 1.94. The summed E-state index contributed by atoms with van der Waals surface area (Å²) in [4.78, 5) is 13.3. The number of carbonyl (C=O) groups is 1. The van der Waals surface area contributed by atoms with Crippen LogP contribution in [0.15, 0.2) is 0 Å². The van der Waals surface area contributed by atoms with Crippen molar-refractivity contribution in [2.24, 2.45) is 5.92 Å². The molecule has 0 radical (unpaired) electrons.